The minimum Gasteiger partial charge on any atom is -0.345 e. The molecule has 2 N–H and O–H groups in total. The van der Waals surface area contributed by atoms with Crippen molar-refractivity contribution in [3.8, 4) is 0 Å². The molecule has 0 saturated carbocycles. The third-order valence-corrected chi connectivity index (χ3v) is 5.43. The molecule has 26 heavy (non-hydrogen) atoms. The third kappa shape index (κ3) is 5.14. The Morgan fingerprint density at radius 3 is 2.50 bits per heavy atom. The van der Waals surface area contributed by atoms with E-state index in [9.17, 15) is 4.79 Å². The Labute approximate surface area is 170 Å². The van der Waals surface area contributed by atoms with Crippen LogP contribution in [0.1, 0.15) is 36.9 Å². The van der Waals surface area contributed by atoms with Crippen LogP contribution >= 0.6 is 35.6 Å². The van der Waals surface area contributed by atoms with Crippen LogP contribution in [0.3, 0.4) is 0 Å². The highest BCUT2D eigenvalue weighted by Crippen LogP contribution is 2.29. The average molecular weight is 414 g/mol. The second-order valence-corrected chi connectivity index (χ2v) is 7.42. The van der Waals surface area contributed by atoms with E-state index >= 15 is 0 Å². The van der Waals surface area contributed by atoms with Crippen LogP contribution in [0.15, 0.2) is 48.5 Å². The molecule has 140 valence electrons. The van der Waals surface area contributed by atoms with Gasteiger partial charge in [-0.05, 0) is 49.6 Å². The Kier molecular flexibility index (Phi) is 7.78. The van der Waals surface area contributed by atoms with Gasteiger partial charge in [0, 0.05) is 12.0 Å². The van der Waals surface area contributed by atoms with Crippen LogP contribution in [0.2, 0.25) is 10.0 Å². The first kappa shape index (κ1) is 21.0. The molecule has 1 aliphatic rings. The van der Waals surface area contributed by atoms with Crippen molar-refractivity contribution < 1.29 is 4.79 Å². The van der Waals surface area contributed by atoms with Crippen LogP contribution < -0.4 is 10.6 Å². The van der Waals surface area contributed by atoms with Gasteiger partial charge in [0.1, 0.15) is 0 Å². The molecule has 2 aromatic rings. The van der Waals surface area contributed by atoms with E-state index in [4.69, 9.17) is 23.2 Å². The summed E-state index contributed by atoms with van der Waals surface area (Å²) in [5, 5.41) is 7.60. The van der Waals surface area contributed by atoms with Crippen molar-refractivity contribution in [1.82, 2.24) is 10.6 Å². The summed E-state index contributed by atoms with van der Waals surface area (Å²) >= 11 is 12.2. The summed E-state index contributed by atoms with van der Waals surface area (Å²) < 4.78 is 0. The van der Waals surface area contributed by atoms with Crippen LogP contribution in [0, 0.1) is 5.92 Å². The van der Waals surface area contributed by atoms with Gasteiger partial charge < -0.3 is 10.6 Å². The lowest BCUT2D eigenvalue weighted by Gasteiger charge is -2.29. The summed E-state index contributed by atoms with van der Waals surface area (Å²) in [4.78, 5) is 12.9. The molecule has 6 heteroatoms. The largest absolute Gasteiger partial charge is 0.345 e. The Hall–Kier alpha value is -1.26. The standard InChI is InChI=1S/C20H22Cl2N2O.ClH/c1-13-11-16(9-10-23-13)20(25)24-19(14-5-3-2-4-6-14)15-7-8-17(21)18(22)12-15;/h2-8,12-13,16,19,23H,9-11H2,1H3,(H,24,25);1H/t13-,16-,19?;/m0./s1. The monoisotopic (exact) mass is 412 g/mol. The Bertz CT molecular complexity index is 739. The summed E-state index contributed by atoms with van der Waals surface area (Å²) in [6.45, 7) is 3.00. The van der Waals surface area contributed by atoms with Crippen molar-refractivity contribution >= 4 is 41.5 Å². The van der Waals surface area contributed by atoms with Crippen molar-refractivity contribution in [2.75, 3.05) is 6.54 Å². The van der Waals surface area contributed by atoms with Gasteiger partial charge in [0.2, 0.25) is 5.91 Å². The van der Waals surface area contributed by atoms with Crippen LogP contribution in [-0.4, -0.2) is 18.5 Å². The number of benzene rings is 2. The fourth-order valence-electron chi connectivity index (χ4n) is 3.33. The van der Waals surface area contributed by atoms with E-state index in [1.54, 1.807) is 6.07 Å². The number of rotatable bonds is 4. The number of carbonyl (C=O) groups is 1. The summed E-state index contributed by atoms with van der Waals surface area (Å²) in [5.74, 6) is 0.124. The molecule has 3 nitrogen and oxygen atoms in total. The molecule has 1 aliphatic heterocycles. The van der Waals surface area contributed by atoms with Gasteiger partial charge in [0.25, 0.3) is 0 Å². The van der Waals surface area contributed by atoms with Gasteiger partial charge in [0.15, 0.2) is 0 Å². The molecule has 0 aliphatic carbocycles. The quantitative estimate of drug-likeness (QED) is 0.740. The van der Waals surface area contributed by atoms with E-state index in [1.807, 2.05) is 42.5 Å². The molecule has 0 aromatic heterocycles. The number of nitrogens with one attached hydrogen (secondary N) is 2. The van der Waals surface area contributed by atoms with Gasteiger partial charge in [-0.25, -0.2) is 0 Å². The SMILES string of the molecule is C[C@H]1C[C@@H](C(=O)NC(c2ccccc2)c2ccc(Cl)c(Cl)c2)CCN1.Cl. The lowest BCUT2D eigenvalue weighted by atomic mass is 9.91. The first-order valence-electron chi connectivity index (χ1n) is 8.58. The Morgan fingerprint density at radius 2 is 1.85 bits per heavy atom. The van der Waals surface area contributed by atoms with Gasteiger partial charge in [-0.15, -0.1) is 12.4 Å². The maximum atomic E-state index is 12.9. The molecule has 1 fully saturated rings. The molecular weight excluding hydrogens is 391 g/mol. The first-order chi connectivity index (χ1) is 12.0. The fourth-order valence-corrected chi connectivity index (χ4v) is 3.63. The normalized spacial score (nSPS) is 20.7. The lowest BCUT2D eigenvalue weighted by Crippen LogP contribution is -2.43. The van der Waals surface area contributed by atoms with Gasteiger partial charge in [-0.3, -0.25) is 4.79 Å². The minimum atomic E-state index is -0.242. The highest BCUT2D eigenvalue weighted by molar-refractivity contribution is 6.42. The molecule has 1 amide bonds. The fraction of sp³-hybridized carbons (Fsp3) is 0.350. The number of amides is 1. The number of halogens is 3. The highest BCUT2D eigenvalue weighted by Gasteiger charge is 2.27. The third-order valence-electron chi connectivity index (χ3n) is 4.69. The van der Waals surface area contributed by atoms with Gasteiger partial charge in [0.05, 0.1) is 16.1 Å². The average Bonchev–Trinajstić information content (AvgIpc) is 2.62. The number of piperidine rings is 1. The van der Waals surface area contributed by atoms with Crippen molar-refractivity contribution in [3.63, 3.8) is 0 Å². The zero-order valence-electron chi connectivity index (χ0n) is 14.5. The molecule has 0 spiro atoms. The van der Waals surface area contributed by atoms with Crippen LogP contribution in [0.25, 0.3) is 0 Å². The summed E-state index contributed by atoms with van der Waals surface area (Å²) in [6, 6.07) is 15.6. The second-order valence-electron chi connectivity index (χ2n) is 6.60. The zero-order valence-corrected chi connectivity index (χ0v) is 16.9. The molecule has 1 unspecified atom stereocenters. The molecule has 0 radical (unpaired) electrons. The summed E-state index contributed by atoms with van der Waals surface area (Å²) in [6.07, 6.45) is 1.72. The minimum absolute atomic E-state index is 0. The van der Waals surface area contributed by atoms with E-state index in [0.717, 1.165) is 30.5 Å². The molecular formula is C20H23Cl3N2O. The summed E-state index contributed by atoms with van der Waals surface area (Å²) in [5.41, 5.74) is 1.95. The van der Waals surface area contributed by atoms with E-state index < -0.39 is 0 Å². The number of hydrogen-bond donors (Lipinski definition) is 2. The van der Waals surface area contributed by atoms with Crippen LogP contribution in [0.4, 0.5) is 0 Å². The highest BCUT2D eigenvalue weighted by atomic mass is 35.5. The summed E-state index contributed by atoms with van der Waals surface area (Å²) in [7, 11) is 0. The molecule has 3 atom stereocenters. The number of carbonyl (C=O) groups excluding carboxylic acids is 1. The van der Waals surface area contributed by atoms with Crippen molar-refractivity contribution in [1.29, 1.82) is 0 Å². The predicted octanol–water partition coefficient (Wildman–Crippen LogP) is 5.01. The lowest BCUT2D eigenvalue weighted by molar-refractivity contribution is -0.126. The Balaban J connectivity index is 0.00000243. The molecule has 1 heterocycles. The second kappa shape index (κ2) is 9.61. The predicted molar refractivity (Wildman–Crippen MR) is 110 cm³/mol. The van der Waals surface area contributed by atoms with E-state index in [2.05, 4.69) is 17.6 Å². The number of hydrogen-bond acceptors (Lipinski definition) is 2. The van der Waals surface area contributed by atoms with E-state index in [0.29, 0.717) is 16.1 Å². The van der Waals surface area contributed by atoms with Crippen molar-refractivity contribution in [2.45, 2.75) is 31.8 Å². The van der Waals surface area contributed by atoms with E-state index in [1.165, 1.54) is 0 Å². The maximum Gasteiger partial charge on any atom is 0.223 e. The maximum absolute atomic E-state index is 12.9. The topological polar surface area (TPSA) is 41.1 Å². The van der Waals surface area contributed by atoms with Gasteiger partial charge >= 0.3 is 0 Å². The molecule has 0 bridgehead atoms. The van der Waals surface area contributed by atoms with E-state index in [-0.39, 0.29) is 30.3 Å². The van der Waals surface area contributed by atoms with Crippen molar-refractivity contribution in [3.05, 3.63) is 69.7 Å². The van der Waals surface area contributed by atoms with Crippen LogP contribution in [0.5, 0.6) is 0 Å². The molecule has 2 aromatic carbocycles. The van der Waals surface area contributed by atoms with Gasteiger partial charge in [-0.2, -0.15) is 0 Å². The first-order valence-corrected chi connectivity index (χ1v) is 9.34. The Morgan fingerprint density at radius 1 is 1.12 bits per heavy atom. The van der Waals surface area contributed by atoms with Crippen molar-refractivity contribution in [2.24, 2.45) is 5.92 Å². The molecule has 1 saturated heterocycles. The smallest absolute Gasteiger partial charge is 0.223 e. The zero-order chi connectivity index (χ0) is 17.8. The molecule has 3 rings (SSSR count). The van der Waals surface area contributed by atoms with Crippen LogP contribution in [-0.2, 0) is 4.79 Å². The van der Waals surface area contributed by atoms with Gasteiger partial charge in [-0.1, -0.05) is 59.6 Å².